The second-order valence-electron chi connectivity index (χ2n) is 5.83. The first-order valence-corrected chi connectivity index (χ1v) is 7.82. The zero-order valence-electron chi connectivity index (χ0n) is 14.4. The van der Waals surface area contributed by atoms with Crippen LogP contribution in [-0.2, 0) is 4.79 Å². The molecule has 0 atom stereocenters. The number of carbonyl (C=O) groups is 1. The molecule has 2 aromatic rings. The molecule has 0 heterocycles. The van der Waals surface area contributed by atoms with Gasteiger partial charge in [-0.3, -0.25) is 4.79 Å². The van der Waals surface area contributed by atoms with Crippen LogP contribution >= 0.6 is 0 Å². The number of nitrogens with one attached hydrogen (secondary N) is 1. The molecule has 0 spiro atoms. The minimum absolute atomic E-state index is 0.0282. The third-order valence-corrected chi connectivity index (χ3v) is 3.38. The Labute approximate surface area is 143 Å². The lowest BCUT2D eigenvalue weighted by atomic mass is 10.1. The summed E-state index contributed by atoms with van der Waals surface area (Å²) in [6.07, 6.45) is 0. The van der Waals surface area contributed by atoms with Crippen molar-refractivity contribution in [3.63, 3.8) is 0 Å². The van der Waals surface area contributed by atoms with E-state index in [1.54, 1.807) is 12.1 Å². The van der Waals surface area contributed by atoms with Crippen molar-refractivity contribution < 1.29 is 14.3 Å². The number of carbonyl (C=O) groups excluding carboxylic acids is 1. The first kappa shape index (κ1) is 17.6. The summed E-state index contributed by atoms with van der Waals surface area (Å²) >= 11 is 0. The Kier molecular flexibility index (Phi) is 6.01. The second-order valence-corrected chi connectivity index (χ2v) is 5.83. The highest BCUT2D eigenvalue weighted by Gasteiger charge is 2.07. The Bertz CT molecular complexity index is 700. The lowest BCUT2D eigenvalue weighted by molar-refractivity contribution is -0.118. The van der Waals surface area contributed by atoms with Crippen LogP contribution in [0.4, 0.5) is 5.69 Å². The molecule has 0 fully saturated rings. The summed E-state index contributed by atoms with van der Waals surface area (Å²) in [7, 11) is 0. The largest absolute Gasteiger partial charge is 0.489 e. The number of anilines is 1. The van der Waals surface area contributed by atoms with Gasteiger partial charge in [0.15, 0.2) is 6.61 Å². The van der Waals surface area contributed by atoms with E-state index >= 15 is 0 Å². The Morgan fingerprint density at radius 1 is 1.00 bits per heavy atom. The maximum Gasteiger partial charge on any atom is 0.262 e. The Morgan fingerprint density at radius 3 is 2.21 bits per heavy atom. The highest BCUT2D eigenvalue weighted by atomic mass is 16.5. The molecule has 0 saturated carbocycles. The summed E-state index contributed by atoms with van der Waals surface area (Å²) in [5, 5.41) is 2.81. The standard InChI is InChI=1S/C20H23NO3/c1-14(2)12-23-18-10-8-17(9-11-18)21-19(22)13-24-20-15(3)6-5-7-16(20)4/h5-11H,1,12-13H2,2-4H3,(H,21,22). The molecular formula is C20H23NO3. The van der Waals surface area contributed by atoms with Gasteiger partial charge in [-0.1, -0.05) is 24.8 Å². The minimum Gasteiger partial charge on any atom is -0.489 e. The fourth-order valence-electron chi connectivity index (χ4n) is 2.20. The monoisotopic (exact) mass is 325 g/mol. The van der Waals surface area contributed by atoms with Gasteiger partial charge in [-0.25, -0.2) is 0 Å². The van der Waals surface area contributed by atoms with Crippen molar-refractivity contribution in [1.82, 2.24) is 0 Å². The van der Waals surface area contributed by atoms with Crippen LogP contribution in [0.15, 0.2) is 54.6 Å². The predicted molar refractivity (Wildman–Crippen MR) is 96.8 cm³/mol. The van der Waals surface area contributed by atoms with Crippen molar-refractivity contribution in [3.05, 3.63) is 65.7 Å². The van der Waals surface area contributed by atoms with Crippen LogP contribution in [0.5, 0.6) is 11.5 Å². The van der Waals surface area contributed by atoms with E-state index in [-0.39, 0.29) is 12.5 Å². The lowest BCUT2D eigenvalue weighted by Crippen LogP contribution is -2.20. The van der Waals surface area contributed by atoms with Crippen LogP contribution in [-0.4, -0.2) is 19.1 Å². The maximum atomic E-state index is 12.0. The normalized spacial score (nSPS) is 10.1. The smallest absolute Gasteiger partial charge is 0.262 e. The van der Waals surface area contributed by atoms with Crippen molar-refractivity contribution in [2.24, 2.45) is 0 Å². The molecule has 0 radical (unpaired) electrons. The number of hydrogen-bond acceptors (Lipinski definition) is 3. The van der Waals surface area contributed by atoms with Crippen molar-refractivity contribution >= 4 is 11.6 Å². The summed E-state index contributed by atoms with van der Waals surface area (Å²) in [5.41, 5.74) is 3.69. The number of para-hydroxylation sites is 1. The van der Waals surface area contributed by atoms with E-state index in [9.17, 15) is 4.79 Å². The average molecular weight is 325 g/mol. The fraction of sp³-hybridized carbons (Fsp3) is 0.250. The summed E-state index contributed by atoms with van der Waals surface area (Å²) in [5.74, 6) is 1.30. The van der Waals surface area contributed by atoms with Gasteiger partial charge in [0.05, 0.1) is 0 Å². The van der Waals surface area contributed by atoms with Gasteiger partial charge in [0.1, 0.15) is 18.1 Å². The molecule has 2 aromatic carbocycles. The SMILES string of the molecule is C=C(C)COc1ccc(NC(=O)COc2c(C)cccc2C)cc1. The number of amides is 1. The molecule has 0 unspecified atom stereocenters. The number of rotatable bonds is 7. The van der Waals surface area contributed by atoms with Crippen molar-refractivity contribution in [2.75, 3.05) is 18.5 Å². The van der Waals surface area contributed by atoms with Gasteiger partial charge >= 0.3 is 0 Å². The van der Waals surface area contributed by atoms with E-state index in [4.69, 9.17) is 9.47 Å². The fourth-order valence-corrected chi connectivity index (χ4v) is 2.20. The molecule has 0 aliphatic heterocycles. The molecule has 24 heavy (non-hydrogen) atoms. The minimum atomic E-state index is -0.201. The molecule has 1 amide bonds. The van der Waals surface area contributed by atoms with Crippen LogP contribution in [0.3, 0.4) is 0 Å². The van der Waals surface area contributed by atoms with Gasteiger partial charge in [0.25, 0.3) is 5.91 Å². The topological polar surface area (TPSA) is 47.6 Å². The van der Waals surface area contributed by atoms with Gasteiger partial charge in [-0.15, -0.1) is 0 Å². The van der Waals surface area contributed by atoms with Crippen LogP contribution in [0, 0.1) is 13.8 Å². The number of hydrogen-bond donors (Lipinski definition) is 1. The third-order valence-electron chi connectivity index (χ3n) is 3.38. The maximum absolute atomic E-state index is 12.0. The second kappa shape index (κ2) is 8.20. The molecule has 0 bridgehead atoms. The van der Waals surface area contributed by atoms with Crippen LogP contribution < -0.4 is 14.8 Å². The van der Waals surface area contributed by atoms with Crippen LogP contribution in [0.25, 0.3) is 0 Å². The highest BCUT2D eigenvalue weighted by molar-refractivity contribution is 5.91. The van der Waals surface area contributed by atoms with Gasteiger partial charge in [0.2, 0.25) is 0 Å². The molecule has 2 rings (SSSR count). The van der Waals surface area contributed by atoms with Gasteiger partial charge in [-0.05, 0) is 61.7 Å². The molecule has 4 nitrogen and oxygen atoms in total. The van der Waals surface area contributed by atoms with Gasteiger partial charge in [0, 0.05) is 5.69 Å². The number of aryl methyl sites for hydroxylation is 2. The van der Waals surface area contributed by atoms with E-state index in [0.717, 1.165) is 28.2 Å². The highest BCUT2D eigenvalue weighted by Crippen LogP contribution is 2.22. The van der Waals surface area contributed by atoms with E-state index in [2.05, 4.69) is 11.9 Å². The summed E-state index contributed by atoms with van der Waals surface area (Å²) < 4.78 is 11.2. The lowest BCUT2D eigenvalue weighted by Gasteiger charge is -2.12. The van der Waals surface area contributed by atoms with Crippen LogP contribution in [0.1, 0.15) is 18.1 Å². The van der Waals surface area contributed by atoms with E-state index < -0.39 is 0 Å². The molecule has 0 aliphatic carbocycles. The van der Waals surface area contributed by atoms with Gasteiger partial charge in [-0.2, -0.15) is 0 Å². The Hall–Kier alpha value is -2.75. The average Bonchev–Trinajstić information content (AvgIpc) is 2.53. The molecule has 1 N–H and O–H groups in total. The van der Waals surface area contributed by atoms with E-state index in [0.29, 0.717) is 12.3 Å². The number of ether oxygens (including phenoxy) is 2. The molecule has 0 aromatic heterocycles. The molecule has 0 aliphatic rings. The summed E-state index contributed by atoms with van der Waals surface area (Å²) in [6, 6.07) is 13.1. The van der Waals surface area contributed by atoms with Crippen molar-refractivity contribution in [1.29, 1.82) is 0 Å². The number of benzene rings is 2. The Morgan fingerprint density at radius 2 is 1.62 bits per heavy atom. The quantitative estimate of drug-likeness (QED) is 0.773. The van der Waals surface area contributed by atoms with Crippen molar-refractivity contribution in [2.45, 2.75) is 20.8 Å². The van der Waals surface area contributed by atoms with Crippen LogP contribution in [0.2, 0.25) is 0 Å². The van der Waals surface area contributed by atoms with E-state index in [1.807, 2.05) is 51.1 Å². The summed E-state index contributed by atoms with van der Waals surface area (Å²) in [4.78, 5) is 12.0. The zero-order chi connectivity index (χ0) is 17.5. The molecular weight excluding hydrogens is 302 g/mol. The first-order valence-electron chi connectivity index (χ1n) is 7.82. The zero-order valence-corrected chi connectivity index (χ0v) is 14.4. The van der Waals surface area contributed by atoms with E-state index in [1.165, 1.54) is 0 Å². The third kappa shape index (κ3) is 5.16. The predicted octanol–water partition coefficient (Wildman–Crippen LogP) is 4.28. The first-order chi connectivity index (χ1) is 11.5. The molecule has 0 saturated heterocycles. The van der Waals surface area contributed by atoms with Crippen molar-refractivity contribution in [3.8, 4) is 11.5 Å². The Balaban J connectivity index is 1.87. The molecule has 4 heteroatoms. The van der Waals surface area contributed by atoms with Gasteiger partial charge < -0.3 is 14.8 Å². The summed E-state index contributed by atoms with van der Waals surface area (Å²) in [6.45, 7) is 10.1. The molecule has 126 valence electrons.